The van der Waals surface area contributed by atoms with Crippen LogP contribution in [0.1, 0.15) is 44.7 Å². The molecule has 0 aromatic carbocycles. The Kier molecular flexibility index (Phi) is 3.97. The maximum Gasteiger partial charge on any atom is 0.151 e. The minimum absolute atomic E-state index is 0.725. The maximum absolute atomic E-state index is 4.44. The fourth-order valence-corrected chi connectivity index (χ4v) is 3.54. The van der Waals surface area contributed by atoms with Crippen LogP contribution in [0.5, 0.6) is 0 Å². The second-order valence-corrected chi connectivity index (χ2v) is 5.76. The molecule has 19 heavy (non-hydrogen) atoms. The van der Waals surface area contributed by atoms with Crippen LogP contribution in [0, 0.1) is 5.92 Å². The quantitative estimate of drug-likeness (QED) is 0.902. The van der Waals surface area contributed by atoms with E-state index in [0.29, 0.717) is 0 Å². The van der Waals surface area contributed by atoms with Gasteiger partial charge in [-0.25, -0.2) is 0 Å². The SMILES string of the molecule is CCNCc1ccc(N2CCC3CCCCC32)nn1. The van der Waals surface area contributed by atoms with Crippen LogP contribution in [-0.2, 0) is 6.54 Å². The van der Waals surface area contributed by atoms with E-state index in [9.17, 15) is 0 Å². The standard InChI is InChI=1S/C15H24N4/c1-2-16-11-13-7-8-15(18-17-13)19-10-9-12-5-3-4-6-14(12)19/h7-8,12,14,16H,2-6,9-11H2,1H3. The molecule has 0 spiro atoms. The molecular weight excluding hydrogens is 236 g/mol. The van der Waals surface area contributed by atoms with Crippen molar-refractivity contribution in [1.82, 2.24) is 15.5 Å². The minimum Gasteiger partial charge on any atom is -0.352 e. The first-order chi connectivity index (χ1) is 9.38. The van der Waals surface area contributed by atoms with Gasteiger partial charge in [-0.05, 0) is 43.9 Å². The molecule has 1 aromatic rings. The van der Waals surface area contributed by atoms with Crippen molar-refractivity contribution < 1.29 is 0 Å². The normalized spacial score (nSPS) is 26.5. The Bertz CT molecular complexity index is 403. The molecule has 1 aliphatic carbocycles. The lowest BCUT2D eigenvalue weighted by molar-refractivity contribution is 0.341. The zero-order valence-electron chi connectivity index (χ0n) is 11.8. The Hall–Kier alpha value is -1.16. The molecule has 1 saturated heterocycles. The highest BCUT2D eigenvalue weighted by Crippen LogP contribution is 2.37. The molecule has 2 unspecified atom stereocenters. The second kappa shape index (κ2) is 5.87. The Morgan fingerprint density at radius 3 is 2.89 bits per heavy atom. The van der Waals surface area contributed by atoms with Gasteiger partial charge in [-0.3, -0.25) is 0 Å². The molecular formula is C15H24N4. The van der Waals surface area contributed by atoms with Crippen molar-refractivity contribution in [3.8, 4) is 0 Å². The van der Waals surface area contributed by atoms with Crippen LogP contribution >= 0.6 is 0 Å². The monoisotopic (exact) mass is 260 g/mol. The third kappa shape index (κ3) is 2.73. The molecule has 2 fully saturated rings. The van der Waals surface area contributed by atoms with E-state index in [1.54, 1.807) is 0 Å². The van der Waals surface area contributed by atoms with Gasteiger partial charge in [0.05, 0.1) is 5.69 Å². The maximum atomic E-state index is 4.44. The molecule has 0 radical (unpaired) electrons. The molecule has 1 N–H and O–H groups in total. The highest BCUT2D eigenvalue weighted by atomic mass is 15.3. The van der Waals surface area contributed by atoms with E-state index >= 15 is 0 Å². The molecule has 4 nitrogen and oxygen atoms in total. The van der Waals surface area contributed by atoms with Crippen molar-refractivity contribution in [2.45, 2.75) is 51.6 Å². The van der Waals surface area contributed by atoms with Crippen LogP contribution in [-0.4, -0.2) is 29.3 Å². The summed E-state index contributed by atoms with van der Waals surface area (Å²) in [6.45, 7) is 5.06. The van der Waals surface area contributed by atoms with Crippen LogP contribution in [0.4, 0.5) is 5.82 Å². The van der Waals surface area contributed by atoms with E-state index < -0.39 is 0 Å². The first-order valence-electron chi connectivity index (χ1n) is 7.68. The van der Waals surface area contributed by atoms with E-state index in [4.69, 9.17) is 0 Å². The lowest BCUT2D eigenvalue weighted by Gasteiger charge is -2.32. The summed E-state index contributed by atoms with van der Waals surface area (Å²) in [5, 5.41) is 12.1. The Labute approximate surface area is 115 Å². The number of nitrogens with one attached hydrogen (secondary N) is 1. The van der Waals surface area contributed by atoms with Gasteiger partial charge in [-0.15, -0.1) is 5.10 Å². The van der Waals surface area contributed by atoms with Crippen LogP contribution in [0.15, 0.2) is 12.1 Å². The topological polar surface area (TPSA) is 41.0 Å². The highest BCUT2D eigenvalue weighted by Gasteiger charge is 2.36. The minimum atomic E-state index is 0.725. The Morgan fingerprint density at radius 2 is 2.11 bits per heavy atom. The van der Waals surface area contributed by atoms with Gasteiger partial charge in [0.2, 0.25) is 0 Å². The van der Waals surface area contributed by atoms with Gasteiger partial charge < -0.3 is 10.2 Å². The van der Waals surface area contributed by atoms with Crippen LogP contribution in [0.3, 0.4) is 0 Å². The van der Waals surface area contributed by atoms with E-state index in [1.165, 1.54) is 32.1 Å². The fraction of sp³-hybridized carbons (Fsp3) is 0.733. The number of nitrogens with zero attached hydrogens (tertiary/aromatic N) is 3. The molecule has 1 aliphatic heterocycles. The summed E-state index contributed by atoms with van der Waals surface area (Å²) in [5.41, 5.74) is 1.03. The summed E-state index contributed by atoms with van der Waals surface area (Å²) in [4.78, 5) is 2.49. The lowest BCUT2D eigenvalue weighted by atomic mass is 9.85. The number of anilines is 1. The zero-order chi connectivity index (χ0) is 13.1. The molecule has 104 valence electrons. The van der Waals surface area contributed by atoms with Crippen LogP contribution in [0.25, 0.3) is 0 Å². The van der Waals surface area contributed by atoms with E-state index in [2.05, 4.69) is 39.5 Å². The number of fused-ring (bicyclic) bond motifs is 1. The number of aromatic nitrogens is 2. The fourth-order valence-electron chi connectivity index (χ4n) is 3.54. The highest BCUT2D eigenvalue weighted by molar-refractivity contribution is 5.40. The van der Waals surface area contributed by atoms with E-state index in [0.717, 1.165) is 43.1 Å². The third-order valence-electron chi connectivity index (χ3n) is 4.57. The molecule has 0 amide bonds. The van der Waals surface area contributed by atoms with Crippen molar-refractivity contribution >= 4 is 5.82 Å². The van der Waals surface area contributed by atoms with Gasteiger partial charge in [-0.2, -0.15) is 5.10 Å². The van der Waals surface area contributed by atoms with E-state index in [1.807, 2.05) is 0 Å². The van der Waals surface area contributed by atoms with Gasteiger partial charge in [0.1, 0.15) is 0 Å². The molecule has 3 rings (SSSR count). The van der Waals surface area contributed by atoms with Crippen LogP contribution in [0.2, 0.25) is 0 Å². The zero-order valence-corrected chi connectivity index (χ0v) is 11.8. The van der Waals surface area contributed by atoms with Gasteiger partial charge in [0.15, 0.2) is 5.82 Å². The summed E-state index contributed by atoms with van der Waals surface area (Å²) in [7, 11) is 0. The summed E-state index contributed by atoms with van der Waals surface area (Å²) in [5.74, 6) is 1.98. The van der Waals surface area contributed by atoms with Gasteiger partial charge in [-0.1, -0.05) is 19.8 Å². The van der Waals surface area contributed by atoms with Crippen molar-refractivity contribution in [3.63, 3.8) is 0 Å². The summed E-state index contributed by atoms with van der Waals surface area (Å²) in [6, 6.07) is 4.99. The van der Waals surface area contributed by atoms with Crippen LogP contribution < -0.4 is 10.2 Å². The summed E-state index contributed by atoms with van der Waals surface area (Å²) < 4.78 is 0. The third-order valence-corrected chi connectivity index (χ3v) is 4.57. The average Bonchev–Trinajstić information content (AvgIpc) is 2.90. The second-order valence-electron chi connectivity index (χ2n) is 5.76. The molecule has 1 aromatic heterocycles. The Morgan fingerprint density at radius 1 is 1.21 bits per heavy atom. The molecule has 4 heteroatoms. The number of hydrogen-bond acceptors (Lipinski definition) is 4. The first-order valence-corrected chi connectivity index (χ1v) is 7.68. The smallest absolute Gasteiger partial charge is 0.151 e. The van der Waals surface area contributed by atoms with Crippen molar-refractivity contribution in [2.24, 2.45) is 5.92 Å². The van der Waals surface area contributed by atoms with Crippen molar-refractivity contribution in [1.29, 1.82) is 0 Å². The molecule has 2 atom stereocenters. The molecule has 2 aliphatic rings. The molecule has 2 heterocycles. The largest absolute Gasteiger partial charge is 0.352 e. The van der Waals surface area contributed by atoms with Gasteiger partial charge >= 0.3 is 0 Å². The lowest BCUT2D eigenvalue weighted by Crippen LogP contribution is -2.35. The number of rotatable bonds is 4. The van der Waals surface area contributed by atoms with Crippen molar-refractivity contribution in [2.75, 3.05) is 18.0 Å². The predicted molar refractivity (Wildman–Crippen MR) is 77.1 cm³/mol. The summed E-state index contributed by atoms with van der Waals surface area (Å²) >= 11 is 0. The van der Waals surface area contributed by atoms with Gasteiger partial charge in [0.25, 0.3) is 0 Å². The van der Waals surface area contributed by atoms with E-state index in [-0.39, 0.29) is 0 Å². The Balaban J connectivity index is 1.68. The average molecular weight is 260 g/mol. The molecule has 1 saturated carbocycles. The predicted octanol–water partition coefficient (Wildman–Crippen LogP) is 2.36. The number of hydrogen-bond donors (Lipinski definition) is 1. The molecule has 0 bridgehead atoms. The summed E-state index contributed by atoms with van der Waals surface area (Å²) in [6.07, 6.45) is 6.88. The first kappa shape index (κ1) is 12.9. The van der Waals surface area contributed by atoms with Crippen molar-refractivity contribution in [3.05, 3.63) is 17.8 Å². The van der Waals surface area contributed by atoms with Gasteiger partial charge in [0, 0.05) is 19.1 Å².